The average molecular weight is 310 g/mol. The monoisotopic (exact) mass is 310 g/mol. The standard InChI is InChI=1S/C16H30N4O2/c1-12(2)10-18-16(22)19-15(21)11-20-8-5-13(6-9-20)14-4-3-7-17-14/h12-14,17H,3-11H2,1-2H3,(H2,18,19,21,22). The van der Waals surface area contributed by atoms with E-state index < -0.39 is 0 Å². The van der Waals surface area contributed by atoms with Crippen molar-refractivity contribution >= 4 is 11.9 Å². The van der Waals surface area contributed by atoms with Crippen LogP contribution in [0.5, 0.6) is 0 Å². The van der Waals surface area contributed by atoms with E-state index in [2.05, 4.69) is 20.9 Å². The van der Waals surface area contributed by atoms with E-state index in [-0.39, 0.29) is 11.9 Å². The minimum Gasteiger partial charge on any atom is -0.338 e. The smallest absolute Gasteiger partial charge is 0.321 e. The number of imide groups is 1. The van der Waals surface area contributed by atoms with E-state index in [4.69, 9.17) is 0 Å². The fourth-order valence-electron chi connectivity index (χ4n) is 3.34. The van der Waals surface area contributed by atoms with Gasteiger partial charge < -0.3 is 10.6 Å². The summed E-state index contributed by atoms with van der Waals surface area (Å²) in [4.78, 5) is 25.6. The molecule has 3 N–H and O–H groups in total. The summed E-state index contributed by atoms with van der Waals surface area (Å²) in [5.74, 6) is 0.916. The number of rotatable bonds is 5. The van der Waals surface area contributed by atoms with Crippen molar-refractivity contribution in [2.45, 2.75) is 45.6 Å². The van der Waals surface area contributed by atoms with Crippen molar-refractivity contribution in [2.24, 2.45) is 11.8 Å². The van der Waals surface area contributed by atoms with Gasteiger partial charge in [-0.2, -0.15) is 0 Å². The largest absolute Gasteiger partial charge is 0.338 e. The number of hydrogen-bond donors (Lipinski definition) is 3. The van der Waals surface area contributed by atoms with Gasteiger partial charge >= 0.3 is 6.03 Å². The first kappa shape index (κ1) is 17.2. The molecule has 3 amide bonds. The number of amides is 3. The summed E-state index contributed by atoms with van der Waals surface area (Å²) in [5, 5.41) is 8.68. The van der Waals surface area contributed by atoms with Crippen molar-refractivity contribution in [3.63, 3.8) is 0 Å². The Bertz CT molecular complexity index is 372. The molecular weight excluding hydrogens is 280 g/mol. The second-order valence-electron chi connectivity index (χ2n) is 6.97. The summed E-state index contributed by atoms with van der Waals surface area (Å²) in [6.45, 7) is 7.99. The highest BCUT2D eigenvalue weighted by atomic mass is 16.2. The topological polar surface area (TPSA) is 73.5 Å². The van der Waals surface area contributed by atoms with Crippen LogP contribution in [0.25, 0.3) is 0 Å². The number of nitrogens with one attached hydrogen (secondary N) is 3. The Hall–Kier alpha value is -1.14. The van der Waals surface area contributed by atoms with E-state index in [0.717, 1.165) is 38.4 Å². The molecule has 2 aliphatic heterocycles. The number of nitrogens with zero attached hydrogens (tertiary/aromatic N) is 1. The molecule has 0 aromatic carbocycles. The molecule has 1 unspecified atom stereocenters. The quantitative estimate of drug-likeness (QED) is 0.706. The Kier molecular flexibility index (Phi) is 6.64. The minimum atomic E-state index is -0.385. The molecule has 0 spiro atoms. The van der Waals surface area contributed by atoms with Gasteiger partial charge in [0.2, 0.25) is 5.91 Å². The number of carbonyl (C=O) groups is 2. The number of hydrogen-bond acceptors (Lipinski definition) is 4. The molecule has 0 bridgehead atoms. The van der Waals surface area contributed by atoms with Crippen molar-refractivity contribution in [1.82, 2.24) is 20.9 Å². The van der Waals surface area contributed by atoms with Crippen molar-refractivity contribution < 1.29 is 9.59 Å². The first-order valence-electron chi connectivity index (χ1n) is 8.58. The number of likely N-dealkylation sites (tertiary alicyclic amines) is 1. The Balaban J connectivity index is 1.62. The van der Waals surface area contributed by atoms with Crippen molar-refractivity contribution in [2.75, 3.05) is 32.7 Å². The molecule has 0 aliphatic carbocycles. The molecule has 2 rings (SSSR count). The molecular formula is C16H30N4O2. The van der Waals surface area contributed by atoms with E-state index in [1.165, 1.54) is 12.8 Å². The predicted octanol–water partition coefficient (Wildman–Crippen LogP) is 0.932. The van der Waals surface area contributed by atoms with Gasteiger partial charge in [0.25, 0.3) is 0 Å². The maximum Gasteiger partial charge on any atom is 0.321 e. The third-order valence-electron chi connectivity index (χ3n) is 4.59. The lowest BCUT2D eigenvalue weighted by atomic mass is 9.88. The van der Waals surface area contributed by atoms with Gasteiger partial charge in [-0.05, 0) is 57.2 Å². The van der Waals surface area contributed by atoms with Crippen LogP contribution < -0.4 is 16.0 Å². The van der Waals surface area contributed by atoms with Crippen LogP contribution in [0.1, 0.15) is 39.5 Å². The summed E-state index contributed by atoms with van der Waals surface area (Å²) in [7, 11) is 0. The van der Waals surface area contributed by atoms with E-state index in [0.29, 0.717) is 25.0 Å². The molecule has 22 heavy (non-hydrogen) atoms. The summed E-state index contributed by atoms with van der Waals surface area (Å²) < 4.78 is 0. The van der Waals surface area contributed by atoms with Gasteiger partial charge in [-0.25, -0.2) is 4.79 Å². The van der Waals surface area contributed by atoms with Crippen LogP contribution in [0.2, 0.25) is 0 Å². The van der Waals surface area contributed by atoms with E-state index in [1.807, 2.05) is 13.8 Å². The highest BCUT2D eigenvalue weighted by Crippen LogP contribution is 2.25. The molecule has 0 saturated carbocycles. The Morgan fingerprint density at radius 3 is 2.55 bits per heavy atom. The van der Waals surface area contributed by atoms with Crippen molar-refractivity contribution in [3.8, 4) is 0 Å². The average Bonchev–Trinajstić information content (AvgIpc) is 3.00. The second-order valence-corrected chi connectivity index (χ2v) is 6.97. The fourth-order valence-corrected chi connectivity index (χ4v) is 3.34. The minimum absolute atomic E-state index is 0.210. The lowest BCUT2D eigenvalue weighted by Gasteiger charge is -2.34. The zero-order valence-corrected chi connectivity index (χ0v) is 13.9. The number of piperidine rings is 1. The van der Waals surface area contributed by atoms with Crippen molar-refractivity contribution in [1.29, 1.82) is 0 Å². The zero-order chi connectivity index (χ0) is 15.9. The van der Waals surface area contributed by atoms with Gasteiger partial charge in [0.05, 0.1) is 6.54 Å². The van der Waals surface area contributed by atoms with Crippen LogP contribution in [0.15, 0.2) is 0 Å². The lowest BCUT2D eigenvalue weighted by molar-refractivity contribution is -0.121. The molecule has 1 atom stereocenters. The molecule has 2 fully saturated rings. The Morgan fingerprint density at radius 1 is 1.23 bits per heavy atom. The van der Waals surface area contributed by atoms with E-state index in [1.54, 1.807) is 0 Å². The van der Waals surface area contributed by atoms with Crippen LogP contribution in [-0.2, 0) is 4.79 Å². The number of urea groups is 1. The molecule has 0 radical (unpaired) electrons. The lowest BCUT2D eigenvalue weighted by Crippen LogP contribution is -2.48. The summed E-state index contributed by atoms with van der Waals surface area (Å²) in [5.41, 5.74) is 0. The summed E-state index contributed by atoms with van der Waals surface area (Å²) in [6, 6.07) is 0.293. The molecule has 6 nitrogen and oxygen atoms in total. The van der Waals surface area contributed by atoms with Crippen LogP contribution in [0.4, 0.5) is 4.79 Å². The van der Waals surface area contributed by atoms with E-state index in [9.17, 15) is 9.59 Å². The third-order valence-corrected chi connectivity index (χ3v) is 4.59. The van der Waals surface area contributed by atoms with Crippen LogP contribution >= 0.6 is 0 Å². The first-order valence-corrected chi connectivity index (χ1v) is 8.58. The zero-order valence-electron chi connectivity index (χ0n) is 13.9. The van der Waals surface area contributed by atoms with Gasteiger partial charge in [0.15, 0.2) is 0 Å². The molecule has 6 heteroatoms. The molecule has 2 saturated heterocycles. The molecule has 2 heterocycles. The number of carbonyl (C=O) groups excluding carboxylic acids is 2. The summed E-state index contributed by atoms with van der Waals surface area (Å²) in [6.07, 6.45) is 4.87. The van der Waals surface area contributed by atoms with Crippen molar-refractivity contribution in [3.05, 3.63) is 0 Å². The Labute approximate surface area is 133 Å². The molecule has 126 valence electrons. The maximum atomic E-state index is 11.9. The normalized spacial score (nSPS) is 23.7. The molecule has 2 aliphatic rings. The van der Waals surface area contributed by atoms with Crippen LogP contribution in [0, 0.1) is 11.8 Å². The van der Waals surface area contributed by atoms with E-state index >= 15 is 0 Å². The second kappa shape index (κ2) is 8.48. The van der Waals surface area contributed by atoms with Gasteiger partial charge in [-0.3, -0.25) is 15.0 Å². The van der Waals surface area contributed by atoms with Crippen LogP contribution in [-0.4, -0.2) is 55.6 Å². The van der Waals surface area contributed by atoms with Crippen LogP contribution in [0.3, 0.4) is 0 Å². The molecule has 0 aromatic heterocycles. The maximum absolute atomic E-state index is 11.9. The van der Waals surface area contributed by atoms with Gasteiger partial charge in [0, 0.05) is 12.6 Å². The highest BCUT2D eigenvalue weighted by molar-refractivity contribution is 5.95. The van der Waals surface area contributed by atoms with Gasteiger partial charge in [-0.15, -0.1) is 0 Å². The molecule has 0 aromatic rings. The summed E-state index contributed by atoms with van der Waals surface area (Å²) >= 11 is 0. The fraction of sp³-hybridized carbons (Fsp3) is 0.875. The highest BCUT2D eigenvalue weighted by Gasteiger charge is 2.28. The van der Waals surface area contributed by atoms with Gasteiger partial charge in [0.1, 0.15) is 0 Å². The SMILES string of the molecule is CC(C)CNC(=O)NC(=O)CN1CCC(C2CCCN2)CC1. The Morgan fingerprint density at radius 2 is 1.95 bits per heavy atom. The first-order chi connectivity index (χ1) is 10.5. The van der Waals surface area contributed by atoms with Gasteiger partial charge in [-0.1, -0.05) is 13.8 Å². The third kappa shape index (κ3) is 5.57. The predicted molar refractivity (Wildman–Crippen MR) is 86.6 cm³/mol.